The lowest BCUT2D eigenvalue weighted by Gasteiger charge is -2.23. The Morgan fingerprint density at radius 1 is 1.25 bits per heavy atom. The summed E-state index contributed by atoms with van der Waals surface area (Å²) in [6.07, 6.45) is 9.38. The number of pyridine rings is 1. The molecule has 1 saturated carbocycles. The molecule has 0 radical (unpaired) electrons. The summed E-state index contributed by atoms with van der Waals surface area (Å²) >= 11 is 1.46. The van der Waals surface area contributed by atoms with E-state index < -0.39 is 0 Å². The maximum absolute atomic E-state index is 13.0. The Morgan fingerprint density at radius 2 is 2.04 bits per heavy atom. The van der Waals surface area contributed by atoms with Crippen molar-refractivity contribution in [2.24, 2.45) is 0 Å². The molecule has 6 heteroatoms. The minimum atomic E-state index is 0.0883. The molecule has 5 nitrogen and oxygen atoms in total. The molecule has 0 aromatic carbocycles. The number of hydrogen-bond acceptors (Lipinski definition) is 5. The quantitative estimate of drug-likeness (QED) is 0.769. The molecule has 1 aliphatic rings. The van der Waals surface area contributed by atoms with Crippen molar-refractivity contribution in [3.63, 3.8) is 0 Å². The van der Waals surface area contributed by atoms with Crippen LogP contribution in [0.25, 0.3) is 20.4 Å². The second kappa shape index (κ2) is 6.16. The molecule has 1 aliphatic carbocycles. The molecule has 3 heterocycles. The number of fused-ring (bicyclic) bond motifs is 3. The first-order chi connectivity index (χ1) is 11.6. The van der Waals surface area contributed by atoms with Gasteiger partial charge in [0.05, 0.1) is 17.2 Å². The molecule has 24 heavy (non-hydrogen) atoms. The van der Waals surface area contributed by atoms with Gasteiger partial charge in [0.2, 0.25) is 0 Å². The number of nitrogens with one attached hydrogen (secondary N) is 1. The van der Waals surface area contributed by atoms with Crippen molar-refractivity contribution in [3.8, 4) is 0 Å². The highest BCUT2D eigenvalue weighted by molar-refractivity contribution is 7.25. The highest BCUT2D eigenvalue weighted by Crippen LogP contribution is 2.35. The summed E-state index contributed by atoms with van der Waals surface area (Å²) < 4.78 is 2.58. The van der Waals surface area contributed by atoms with Crippen LogP contribution in [0.2, 0.25) is 0 Å². The Balaban J connectivity index is 1.90. The fourth-order valence-electron chi connectivity index (χ4n) is 3.62. The van der Waals surface area contributed by atoms with E-state index in [1.165, 1.54) is 30.6 Å². The number of hydrogen-bond donors (Lipinski definition) is 1. The zero-order valence-corrected chi connectivity index (χ0v) is 14.9. The number of rotatable bonds is 3. The lowest BCUT2D eigenvalue weighted by Crippen LogP contribution is -2.26. The Kier molecular flexibility index (Phi) is 4.00. The summed E-state index contributed by atoms with van der Waals surface area (Å²) in [5, 5.41) is 4.41. The fourth-order valence-corrected chi connectivity index (χ4v) is 4.68. The van der Waals surface area contributed by atoms with Crippen molar-refractivity contribution >= 4 is 37.5 Å². The van der Waals surface area contributed by atoms with E-state index in [9.17, 15) is 4.79 Å². The Morgan fingerprint density at radius 3 is 2.79 bits per heavy atom. The van der Waals surface area contributed by atoms with Gasteiger partial charge in [-0.25, -0.2) is 9.97 Å². The maximum atomic E-state index is 13.0. The third-order valence-electron chi connectivity index (χ3n) is 4.72. The molecule has 126 valence electrons. The van der Waals surface area contributed by atoms with E-state index >= 15 is 0 Å². The first kappa shape index (κ1) is 15.6. The van der Waals surface area contributed by atoms with Crippen LogP contribution in [-0.4, -0.2) is 20.6 Å². The van der Waals surface area contributed by atoms with Crippen molar-refractivity contribution < 1.29 is 0 Å². The van der Waals surface area contributed by atoms with E-state index in [1.807, 2.05) is 10.6 Å². The van der Waals surface area contributed by atoms with E-state index in [0.29, 0.717) is 12.1 Å². The third-order valence-corrected chi connectivity index (χ3v) is 5.79. The van der Waals surface area contributed by atoms with Gasteiger partial charge in [0, 0.05) is 24.0 Å². The van der Waals surface area contributed by atoms with E-state index in [-0.39, 0.29) is 5.56 Å². The van der Waals surface area contributed by atoms with Crippen molar-refractivity contribution in [1.82, 2.24) is 14.5 Å². The summed E-state index contributed by atoms with van der Waals surface area (Å²) in [6.45, 7) is 4.20. The van der Waals surface area contributed by atoms with Crippen LogP contribution in [0.1, 0.15) is 52.0 Å². The molecule has 0 unspecified atom stereocenters. The maximum Gasteiger partial charge on any atom is 0.271 e. The highest BCUT2D eigenvalue weighted by Gasteiger charge is 2.20. The van der Waals surface area contributed by atoms with Gasteiger partial charge >= 0.3 is 0 Å². The molecule has 0 bridgehead atoms. The minimum Gasteiger partial charge on any atom is -0.382 e. The number of anilines is 1. The molecule has 0 saturated heterocycles. The standard InChI is InChI=1S/C18H22N4OS/c1-11(2)21-13-8-9-19-17-14(13)15-16(24-17)18(23)22(10-20-15)12-6-4-3-5-7-12/h8-12H,3-7H2,1-2H3,(H,19,21). The number of nitrogens with zero attached hydrogens (tertiary/aromatic N) is 3. The van der Waals surface area contributed by atoms with Crippen molar-refractivity contribution in [2.45, 2.75) is 58.0 Å². The van der Waals surface area contributed by atoms with Crippen LogP contribution in [0.4, 0.5) is 5.69 Å². The molecule has 3 aromatic rings. The molecule has 0 amide bonds. The highest BCUT2D eigenvalue weighted by atomic mass is 32.1. The molecule has 0 aliphatic heterocycles. The van der Waals surface area contributed by atoms with Crippen molar-refractivity contribution in [3.05, 3.63) is 28.9 Å². The summed E-state index contributed by atoms with van der Waals surface area (Å²) in [7, 11) is 0. The van der Waals surface area contributed by atoms with Gasteiger partial charge in [-0.2, -0.15) is 0 Å². The van der Waals surface area contributed by atoms with Crippen molar-refractivity contribution in [2.75, 3.05) is 5.32 Å². The van der Waals surface area contributed by atoms with E-state index in [4.69, 9.17) is 0 Å². The van der Waals surface area contributed by atoms with Gasteiger partial charge in [0.1, 0.15) is 9.53 Å². The first-order valence-electron chi connectivity index (χ1n) is 8.70. The van der Waals surface area contributed by atoms with Crippen LogP contribution in [0.5, 0.6) is 0 Å². The second-order valence-electron chi connectivity index (χ2n) is 6.87. The Hall–Kier alpha value is -1.95. The summed E-state index contributed by atoms with van der Waals surface area (Å²) in [5.74, 6) is 0. The first-order valence-corrected chi connectivity index (χ1v) is 9.51. The van der Waals surface area contributed by atoms with Gasteiger partial charge in [-0.05, 0) is 32.8 Å². The van der Waals surface area contributed by atoms with Crippen LogP contribution in [0, 0.1) is 0 Å². The normalized spacial score (nSPS) is 16.3. The summed E-state index contributed by atoms with van der Waals surface area (Å²) in [5.41, 5.74) is 1.87. The van der Waals surface area contributed by atoms with Crippen LogP contribution in [0.3, 0.4) is 0 Å². The lowest BCUT2D eigenvalue weighted by molar-refractivity contribution is 0.345. The molecule has 4 rings (SSSR count). The zero-order chi connectivity index (χ0) is 16.7. The van der Waals surface area contributed by atoms with Crippen LogP contribution in [-0.2, 0) is 0 Å². The van der Waals surface area contributed by atoms with E-state index in [0.717, 1.165) is 39.0 Å². The summed E-state index contributed by atoms with van der Waals surface area (Å²) in [6, 6.07) is 2.57. The molecule has 3 aromatic heterocycles. The molecule has 0 spiro atoms. The smallest absolute Gasteiger partial charge is 0.271 e. The number of thiophene rings is 1. The number of aromatic nitrogens is 3. The minimum absolute atomic E-state index is 0.0883. The topological polar surface area (TPSA) is 59.8 Å². The third kappa shape index (κ3) is 2.59. The molecule has 1 fully saturated rings. The van der Waals surface area contributed by atoms with Gasteiger partial charge in [-0.3, -0.25) is 9.36 Å². The van der Waals surface area contributed by atoms with Gasteiger partial charge in [0.15, 0.2) is 0 Å². The monoisotopic (exact) mass is 342 g/mol. The van der Waals surface area contributed by atoms with Gasteiger partial charge < -0.3 is 5.32 Å². The van der Waals surface area contributed by atoms with Crippen molar-refractivity contribution in [1.29, 1.82) is 0 Å². The van der Waals surface area contributed by atoms with E-state index in [1.54, 1.807) is 12.5 Å². The fraction of sp³-hybridized carbons (Fsp3) is 0.500. The van der Waals surface area contributed by atoms with Crippen LogP contribution >= 0.6 is 11.3 Å². The zero-order valence-electron chi connectivity index (χ0n) is 14.1. The molecular weight excluding hydrogens is 320 g/mol. The van der Waals surface area contributed by atoms with Gasteiger partial charge in [-0.1, -0.05) is 19.3 Å². The Labute approximate surface area is 144 Å². The largest absolute Gasteiger partial charge is 0.382 e. The molecule has 1 N–H and O–H groups in total. The van der Waals surface area contributed by atoms with Crippen LogP contribution in [0.15, 0.2) is 23.4 Å². The SMILES string of the molecule is CC(C)Nc1ccnc2sc3c(=O)n(C4CCCCC4)cnc3c12. The average Bonchev–Trinajstić information content (AvgIpc) is 2.96. The second-order valence-corrected chi connectivity index (χ2v) is 7.87. The molecule has 0 atom stereocenters. The lowest BCUT2D eigenvalue weighted by atomic mass is 9.95. The summed E-state index contributed by atoms with van der Waals surface area (Å²) in [4.78, 5) is 23.0. The predicted molar refractivity (Wildman–Crippen MR) is 100 cm³/mol. The predicted octanol–water partition coefficient (Wildman–Crippen LogP) is 4.33. The van der Waals surface area contributed by atoms with Gasteiger partial charge in [-0.15, -0.1) is 11.3 Å². The average molecular weight is 342 g/mol. The molecular formula is C18H22N4OS. The van der Waals surface area contributed by atoms with Crippen LogP contribution < -0.4 is 10.9 Å². The Bertz CT molecular complexity index is 937. The van der Waals surface area contributed by atoms with E-state index in [2.05, 4.69) is 29.1 Å². The van der Waals surface area contributed by atoms with Gasteiger partial charge in [0.25, 0.3) is 5.56 Å².